The van der Waals surface area contributed by atoms with Crippen LogP contribution in [0.1, 0.15) is 0 Å². The van der Waals surface area contributed by atoms with Crippen molar-refractivity contribution < 1.29 is 17.6 Å². The summed E-state index contributed by atoms with van der Waals surface area (Å²) in [6.45, 7) is 1.66. The Hall–Kier alpha value is -2.00. The summed E-state index contributed by atoms with van der Waals surface area (Å²) in [5.74, 6) is 0. The van der Waals surface area contributed by atoms with E-state index in [1.54, 1.807) is 36.8 Å². The van der Waals surface area contributed by atoms with Crippen LogP contribution in [-0.2, 0) is 14.8 Å². The first-order chi connectivity index (χ1) is 12.1. The molecule has 1 saturated heterocycles. The maximum absolute atomic E-state index is 12.6. The number of aromatic nitrogens is 1. The van der Waals surface area contributed by atoms with Crippen LogP contribution >= 0.6 is 11.3 Å². The number of benzene rings is 1. The van der Waals surface area contributed by atoms with Crippen LogP contribution in [-0.4, -0.2) is 44.0 Å². The van der Waals surface area contributed by atoms with Gasteiger partial charge in [0.2, 0.25) is 10.0 Å². The van der Waals surface area contributed by atoms with E-state index >= 15 is 0 Å². The van der Waals surface area contributed by atoms with Gasteiger partial charge in [-0.1, -0.05) is 12.1 Å². The molecule has 0 aliphatic carbocycles. The smallest absolute Gasteiger partial charge is 0.243 e. The van der Waals surface area contributed by atoms with Crippen LogP contribution < -0.4 is 0 Å². The van der Waals surface area contributed by atoms with Crippen molar-refractivity contribution in [2.75, 3.05) is 26.3 Å². The molecule has 0 amide bonds. The zero-order valence-corrected chi connectivity index (χ0v) is 14.9. The van der Waals surface area contributed by atoms with E-state index in [0.717, 1.165) is 21.8 Å². The Labute approximate surface area is 149 Å². The lowest BCUT2D eigenvalue weighted by molar-refractivity contribution is 0.0730. The van der Waals surface area contributed by atoms with Crippen LogP contribution in [0.5, 0.6) is 0 Å². The van der Waals surface area contributed by atoms with Crippen LogP contribution in [0.25, 0.3) is 21.8 Å². The first-order valence-corrected chi connectivity index (χ1v) is 10.1. The number of sulfonamides is 1. The fourth-order valence-corrected chi connectivity index (χ4v) is 4.88. The number of nitrogens with zero attached hydrogens (tertiary/aromatic N) is 2. The molecule has 0 saturated carbocycles. The van der Waals surface area contributed by atoms with Gasteiger partial charge in [-0.15, -0.1) is 11.3 Å². The molecule has 6 nitrogen and oxygen atoms in total. The second kappa shape index (κ2) is 6.72. The van der Waals surface area contributed by atoms with Gasteiger partial charge in [-0.05, 0) is 18.2 Å². The highest BCUT2D eigenvalue weighted by Gasteiger charge is 2.26. The molecule has 1 fully saturated rings. The molecule has 0 spiro atoms. The van der Waals surface area contributed by atoms with E-state index < -0.39 is 10.0 Å². The van der Waals surface area contributed by atoms with Gasteiger partial charge in [-0.2, -0.15) is 4.31 Å². The number of morpholine rings is 1. The number of furan rings is 1. The SMILES string of the molecule is O=S(=O)(c1ccc(-c2csc(-c3ccoc3)n2)cc1)N1CCOCC1. The van der Waals surface area contributed by atoms with Crippen molar-refractivity contribution >= 4 is 21.4 Å². The van der Waals surface area contributed by atoms with Crippen LogP contribution in [0.3, 0.4) is 0 Å². The first kappa shape index (κ1) is 16.5. The molecule has 0 atom stereocenters. The summed E-state index contributed by atoms with van der Waals surface area (Å²) in [6, 6.07) is 8.72. The summed E-state index contributed by atoms with van der Waals surface area (Å²) in [5.41, 5.74) is 2.63. The standard InChI is InChI=1S/C17H16N2O4S2/c20-25(21,19-6-9-22-10-7-19)15-3-1-13(2-4-15)16-12-24-17(18-16)14-5-8-23-11-14/h1-5,8,11-12H,6-7,9-10H2. The van der Waals surface area contributed by atoms with Crippen molar-refractivity contribution in [3.05, 3.63) is 48.2 Å². The molecule has 0 N–H and O–H groups in total. The maximum atomic E-state index is 12.6. The molecule has 2 aromatic heterocycles. The van der Waals surface area contributed by atoms with Crippen LogP contribution in [0, 0.1) is 0 Å². The summed E-state index contributed by atoms with van der Waals surface area (Å²) in [6.07, 6.45) is 3.27. The van der Waals surface area contributed by atoms with Gasteiger partial charge in [-0.25, -0.2) is 13.4 Å². The summed E-state index contributed by atoms with van der Waals surface area (Å²) in [7, 11) is -3.47. The average Bonchev–Trinajstić information content (AvgIpc) is 3.34. The van der Waals surface area contributed by atoms with E-state index in [4.69, 9.17) is 9.15 Å². The molecule has 3 heterocycles. The Bertz CT molecular complexity index is 941. The van der Waals surface area contributed by atoms with Gasteiger partial charge in [-0.3, -0.25) is 0 Å². The molecule has 1 aromatic carbocycles. The van der Waals surface area contributed by atoms with E-state index in [9.17, 15) is 8.42 Å². The third-order valence-electron chi connectivity index (χ3n) is 4.03. The van der Waals surface area contributed by atoms with Gasteiger partial charge in [0.1, 0.15) is 11.3 Å². The predicted molar refractivity (Wildman–Crippen MR) is 94.8 cm³/mol. The third-order valence-corrected chi connectivity index (χ3v) is 6.83. The molecule has 130 valence electrons. The van der Waals surface area contributed by atoms with E-state index in [1.165, 1.54) is 15.6 Å². The fourth-order valence-electron chi connectivity index (χ4n) is 2.66. The van der Waals surface area contributed by atoms with Gasteiger partial charge in [0, 0.05) is 29.6 Å². The van der Waals surface area contributed by atoms with Gasteiger partial charge in [0.15, 0.2) is 0 Å². The molecule has 1 aliphatic heterocycles. The molecular weight excluding hydrogens is 360 g/mol. The minimum atomic E-state index is -3.47. The molecular formula is C17H16N2O4S2. The van der Waals surface area contributed by atoms with Gasteiger partial charge in [0.25, 0.3) is 0 Å². The molecule has 1 aliphatic rings. The fraction of sp³-hybridized carbons (Fsp3) is 0.235. The summed E-state index contributed by atoms with van der Waals surface area (Å²) in [5, 5.41) is 2.82. The zero-order chi connectivity index (χ0) is 17.3. The van der Waals surface area contributed by atoms with E-state index in [0.29, 0.717) is 31.2 Å². The highest BCUT2D eigenvalue weighted by atomic mass is 32.2. The number of hydrogen-bond acceptors (Lipinski definition) is 6. The molecule has 25 heavy (non-hydrogen) atoms. The number of rotatable bonds is 4. The Morgan fingerprint density at radius 3 is 2.48 bits per heavy atom. The van der Waals surface area contributed by atoms with Gasteiger partial charge >= 0.3 is 0 Å². The lowest BCUT2D eigenvalue weighted by Crippen LogP contribution is -2.40. The minimum Gasteiger partial charge on any atom is -0.472 e. The first-order valence-electron chi connectivity index (χ1n) is 7.81. The molecule has 8 heteroatoms. The number of thiazole rings is 1. The van der Waals surface area contributed by atoms with Crippen LogP contribution in [0.15, 0.2) is 57.6 Å². The molecule has 0 unspecified atom stereocenters. The maximum Gasteiger partial charge on any atom is 0.243 e. The summed E-state index contributed by atoms with van der Waals surface area (Å²) in [4.78, 5) is 4.88. The van der Waals surface area contributed by atoms with Crippen LogP contribution in [0.4, 0.5) is 0 Å². The van der Waals surface area contributed by atoms with Gasteiger partial charge < -0.3 is 9.15 Å². The highest BCUT2D eigenvalue weighted by Crippen LogP contribution is 2.30. The highest BCUT2D eigenvalue weighted by molar-refractivity contribution is 7.89. The topological polar surface area (TPSA) is 72.6 Å². The van der Waals surface area contributed by atoms with Crippen LogP contribution in [0.2, 0.25) is 0 Å². The van der Waals surface area contributed by atoms with E-state index in [2.05, 4.69) is 4.98 Å². The van der Waals surface area contributed by atoms with Crippen molar-refractivity contribution in [3.63, 3.8) is 0 Å². The second-order valence-electron chi connectivity index (χ2n) is 5.59. The average molecular weight is 376 g/mol. The lowest BCUT2D eigenvalue weighted by atomic mass is 10.2. The van der Waals surface area contributed by atoms with Crippen molar-refractivity contribution in [1.82, 2.24) is 9.29 Å². The zero-order valence-electron chi connectivity index (χ0n) is 13.3. The molecule has 4 rings (SSSR count). The quantitative estimate of drug-likeness (QED) is 0.700. The van der Waals surface area contributed by atoms with Crippen molar-refractivity contribution in [2.24, 2.45) is 0 Å². The van der Waals surface area contributed by atoms with Gasteiger partial charge in [0.05, 0.1) is 30.1 Å². The predicted octanol–water partition coefficient (Wildman–Crippen LogP) is 3.09. The Balaban J connectivity index is 1.58. The lowest BCUT2D eigenvalue weighted by Gasteiger charge is -2.26. The van der Waals surface area contributed by atoms with Crippen molar-refractivity contribution in [2.45, 2.75) is 4.90 Å². The number of hydrogen-bond donors (Lipinski definition) is 0. The largest absolute Gasteiger partial charge is 0.472 e. The molecule has 0 bridgehead atoms. The number of ether oxygens (including phenoxy) is 1. The Kier molecular flexibility index (Phi) is 4.43. The normalized spacial score (nSPS) is 16.2. The monoisotopic (exact) mass is 376 g/mol. The second-order valence-corrected chi connectivity index (χ2v) is 8.39. The van der Waals surface area contributed by atoms with E-state index in [1.807, 2.05) is 11.4 Å². The van der Waals surface area contributed by atoms with Crippen molar-refractivity contribution in [3.8, 4) is 21.8 Å². The minimum absolute atomic E-state index is 0.295. The van der Waals surface area contributed by atoms with E-state index in [-0.39, 0.29) is 0 Å². The third kappa shape index (κ3) is 3.25. The molecule has 0 radical (unpaired) electrons. The summed E-state index contributed by atoms with van der Waals surface area (Å²) >= 11 is 1.52. The Morgan fingerprint density at radius 2 is 1.80 bits per heavy atom. The Morgan fingerprint density at radius 1 is 1.04 bits per heavy atom. The summed E-state index contributed by atoms with van der Waals surface area (Å²) < 4.78 is 37.0. The molecule has 3 aromatic rings. The van der Waals surface area contributed by atoms with Crippen molar-refractivity contribution in [1.29, 1.82) is 0 Å².